The standard InChI is InChI=1S/C9H15NO3/c1-6-5-7(6)10-8(11)3-2-4-9(12)13/h6-7H,2-5H2,1H3,(H,10,11)(H,12,13). The molecule has 0 bridgehead atoms. The predicted octanol–water partition coefficient (Wildman–Crippen LogP) is 0.766. The highest BCUT2D eigenvalue weighted by Crippen LogP contribution is 2.28. The predicted molar refractivity (Wildman–Crippen MR) is 47.2 cm³/mol. The maximum Gasteiger partial charge on any atom is 0.303 e. The maximum atomic E-state index is 11.1. The lowest BCUT2D eigenvalue weighted by molar-refractivity contribution is -0.137. The van der Waals surface area contributed by atoms with Gasteiger partial charge in [0.15, 0.2) is 0 Å². The molecule has 1 aliphatic carbocycles. The summed E-state index contributed by atoms with van der Waals surface area (Å²) in [4.78, 5) is 21.3. The van der Waals surface area contributed by atoms with Crippen LogP contribution in [0.5, 0.6) is 0 Å². The Morgan fingerprint density at radius 3 is 2.54 bits per heavy atom. The van der Waals surface area contributed by atoms with E-state index in [4.69, 9.17) is 5.11 Å². The minimum atomic E-state index is -0.840. The summed E-state index contributed by atoms with van der Waals surface area (Å²) < 4.78 is 0. The summed E-state index contributed by atoms with van der Waals surface area (Å²) in [7, 11) is 0. The molecule has 0 spiro atoms. The van der Waals surface area contributed by atoms with Crippen LogP contribution in [0.15, 0.2) is 0 Å². The lowest BCUT2D eigenvalue weighted by atomic mass is 10.2. The zero-order chi connectivity index (χ0) is 9.84. The topological polar surface area (TPSA) is 66.4 Å². The van der Waals surface area contributed by atoms with E-state index in [1.54, 1.807) is 0 Å². The molecule has 1 saturated carbocycles. The SMILES string of the molecule is CC1CC1NC(=O)CCCC(=O)O. The zero-order valence-electron chi connectivity index (χ0n) is 7.75. The summed E-state index contributed by atoms with van der Waals surface area (Å²) in [5, 5.41) is 11.2. The van der Waals surface area contributed by atoms with Gasteiger partial charge in [0.1, 0.15) is 0 Å². The molecule has 1 rings (SSSR count). The molecule has 2 unspecified atom stereocenters. The molecular weight excluding hydrogens is 170 g/mol. The Morgan fingerprint density at radius 1 is 1.46 bits per heavy atom. The van der Waals surface area contributed by atoms with Crippen LogP contribution in [0.2, 0.25) is 0 Å². The molecule has 0 aromatic rings. The smallest absolute Gasteiger partial charge is 0.303 e. The molecule has 13 heavy (non-hydrogen) atoms. The van der Waals surface area contributed by atoms with Gasteiger partial charge in [-0.1, -0.05) is 6.92 Å². The molecule has 1 fully saturated rings. The summed E-state index contributed by atoms with van der Waals surface area (Å²) in [5.41, 5.74) is 0. The fraction of sp³-hybridized carbons (Fsp3) is 0.778. The summed E-state index contributed by atoms with van der Waals surface area (Å²) in [6.07, 6.45) is 1.90. The number of aliphatic carboxylic acids is 1. The maximum absolute atomic E-state index is 11.1. The molecule has 2 atom stereocenters. The van der Waals surface area contributed by atoms with Gasteiger partial charge in [0.2, 0.25) is 5.91 Å². The van der Waals surface area contributed by atoms with Crippen molar-refractivity contribution in [2.75, 3.05) is 0 Å². The summed E-state index contributed by atoms with van der Waals surface area (Å²) in [5.74, 6) is -0.258. The molecule has 4 nitrogen and oxygen atoms in total. The van der Waals surface area contributed by atoms with Crippen LogP contribution >= 0.6 is 0 Å². The van der Waals surface area contributed by atoms with Gasteiger partial charge >= 0.3 is 5.97 Å². The van der Waals surface area contributed by atoms with Crippen LogP contribution in [0.4, 0.5) is 0 Å². The average Bonchev–Trinajstić information content (AvgIpc) is 2.65. The first kappa shape index (κ1) is 10.0. The van der Waals surface area contributed by atoms with Gasteiger partial charge in [-0.3, -0.25) is 9.59 Å². The lowest BCUT2D eigenvalue weighted by Gasteiger charge is -2.01. The van der Waals surface area contributed by atoms with Gasteiger partial charge in [0, 0.05) is 18.9 Å². The number of carboxylic acids is 1. The molecule has 74 valence electrons. The number of hydrogen-bond acceptors (Lipinski definition) is 2. The monoisotopic (exact) mass is 185 g/mol. The molecule has 1 aliphatic rings. The van der Waals surface area contributed by atoms with Crippen LogP contribution in [0, 0.1) is 5.92 Å². The van der Waals surface area contributed by atoms with Gasteiger partial charge in [0.05, 0.1) is 0 Å². The van der Waals surface area contributed by atoms with Crippen LogP contribution in [0.25, 0.3) is 0 Å². The number of rotatable bonds is 5. The Labute approximate surface area is 77.3 Å². The molecule has 0 aromatic carbocycles. The average molecular weight is 185 g/mol. The largest absolute Gasteiger partial charge is 0.481 e. The van der Waals surface area contributed by atoms with Crippen molar-refractivity contribution < 1.29 is 14.7 Å². The van der Waals surface area contributed by atoms with Crippen molar-refractivity contribution in [3.05, 3.63) is 0 Å². The van der Waals surface area contributed by atoms with Crippen molar-refractivity contribution >= 4 is 11.9 Å². The van der Waals surface area contributed by atoms with E-state index in [0.717, 1.165) is 6.42 Å². The van der Waals surface area contributed by atoms with Crippen molar-refractivity contribution in [1.29, 1.82) is 0 Å². The van der Waals surface area contributed by atoms with Gasteiger partial charge in [0.25, 0.3) is 0 Å². The number of carbonyl (C=O) groups is 2. The first-order valence-electron chi connectivity index (χ1n) is 4.60. The number of nitrogens with one attached hydrogen (secondary N) is 1. The van der Waals surface area contributed by atoms with Crippen molar-refractivity contribution in [2.24, 2.45) is 5.92 Å². The van der Waals surface area contributed by atoms with E-state index in [9.17, 15) is 9.59 Å². The molecule has 0 aliphatic heterocycles. The van der Waals surface area contributed by atoms with Crippen LogP contribution < -0.4 is 5.32 Å². The summed E-state index contributed by atoms with van der Waals surface area (Å²) >= 11 is 0. The van der Waals surface area contributed by atoms with Crippen molar-refractivity contribution in [2.45, 2.75) is 38.6 Å². The van der Waals surface area contributed by atoms with Crippen LogP contribution in [-0.2, 0) is 9.59 Å². The number of carbonyl (C=O) groups excluding carboxylic acids is 1. The van der Waals surface area contributed by atoms with Crippen LogP contribution in [0.1, 0.15) is 32.6 Å². The summed E-state index contributed by atoms with van der Waals surface area (Å²) in [6.45, 7) is 2.09. The van der Waals surface area contributed by atoms with Crippen molar-refractivity contribution in [3.63, 3.8) is 0 Å². The highest BCUT2D eigenvalue weighted by Gasteiger charge is 2.33. The van der Waals surface area contributed by atoms with Crippen molar-refractivity contribution in [3.8, 4) is 0 Å². The first-order valence-corrected chi connectivity index (χ1v) is 4.60. The second-order valence-corrected chi connectivity index (χ2v) is 3.63. The fourth-order valence-electron chi connectivity index (χ4n) is 1.20. The molecule has 0 radical (unpaired) electrons. The van der Waals surface area contributed by atoms with Gasteiger partial charge in [-0.05, 0) is 18.8 Å². The molecule has 0 aromatic heterocycles. The van der Waals surface area contributed by atoms with E-state index in [-0.39, 0.29) is 12.3 Å². The second-order valence-electron chi connectivity index (χ2n) is 3.63. The van der Waals surface area contributed by atoms with Gasteiger partial charge in [-0.15, -0.1) is 0 Å². The quantitative estimate of drug-likeness (QED) is 0.664. The molecular formula is C9H15NO3. The minimum absolute atomic E-state index is 0.0180. The number of hydrogen-bond donors (Lipinski definition) is 2. The van der Waals surface area contributed by atoms with Gasteiger partial charge in [-0.2, -0.15) is 0 Å². The highest BCUT2D eigenvalue weighted by molar-refractivity contribution is 5.77. The lowest BCUT2D eigenvalue weighted by Crippen LogP contribution is -2.26. The van der Waals surface area contributed by atoms with E-state index >= 15 is 0 Å². The third-order valence-corrected chi connectivity index (χ3v) is 2.25. The zero-order valence-corrected chi connectivity index (χ0v) is 7.75. The van der Waals surface area contributed by atoms with E-state index in [1.807, 2.05) is 0 Å². The van der Waals surface area contributed by atoms with Gasteiger partial charge < -0.3 is 10.4 Å². The Hall–Kier alpha value is -1.06. The normalized spacial score (nSPS) is 25.3. The van der Waals surface area contributed by atoms with Crippen LogP contribution in [-0.4, -0.2) is 23.0 Å². The Morgan fingerprint density at radius 2 is 2.08 bits per heavy atom. The molecule has 0 saturated heterocycles. The fourth-order valence-corrected chi connectivity index (χ4v) is 1.20. The Balaban J connectivity index is 2.01. The Bertz CT molecular complexity index is 215. The van der Waals surface area contributed by atoms with E-state index in [1.165, 1.54) is 0 Å². The molecule has 4 heteroatoms. The second kappa shape index (κ2) is 4.25. The third-order valence-electron chi connectivity index (χ3n) is 2.25. The third kappa shape index (κ3) is 3.92. The molecule has 2 N–H and O–H groups in total. The van der Waals surface area contributed by atoms with Crippen molar-refractivity contribution in [1.82, 2.24) is 5.32 Å². The number of carboxylic acid groups (broad SMARTS) is 1. The summed E-state index contributed by atoms with van der Waals surface area (Å²) in [6, 6.07) is 0.345. The molecule has 1 amide bonds. The minimum Gasteiger partial charge on any atom is -0.481 e. The van der Waals surface area contributed by atoms with E-state index in [0.29, 0.717) is 24.8 Å². The van der Waals surface area contributed by atoms with E-state index in [2.05, 4.69) is 12.2 Å². The molecule has 0 heterocycles. The number of amides is 1. The highest BCUT2D eigenvalue weighted by atomic mass is 16.4. The first-order chi connectivity index (χ1) is 6.09. The Kier molecular flexibility index (Phi) is 3.28. The van der Waals surface area contributed by atoms with E-state index < -0.39 is 5.97 Å². The van der Waals surface area contributed by atoms with Crippen LogP contribution in [0.3, 0.4) is 0 Å². The van der Waals surface area contributed by atoms with Gasteiger partial charge in [-0.25, -0.2) is 0 Å².